The highest BCUT2D eigenvalue weighted by Crippen LogP contribution is 2.32. The van der Waals surface area contributed by atoms with Crippen LogP contribution in [0.15, 0.2) is 42.5 Å². The summed E-state index contributed by atoms with van der Waals surface area (Å²) in [6.07, 6.45) is 8.39. The van der Waals surface area contributed by atoms with Gasteiger partial charge >= 0.3 is 0 Å². The maximum atomic E-state index is 11.3. The van der Waals surface area contributed by atoms with E-state index in [1.165, 1.54) is 16.7 Å². The van der Waals surface area contributed by atoms with E-state index in [9.17, 15) is 4.79 Å². The van der Waals surface area contributed by atoms with Crippen LogP contribution in [0.4, 0.5) is 0 Å². The largest absolute Gasteiger partial charge is 0.369 e. The summed E-state index contributed by atoms with van der Waals surface area (Å²) in [5, 5.41) is 0. The summed E-state index contributed by atoms with van der Waals surface area (Å²) in [5.41, 5.74) is 9.01. The van der Waals surface area contributed by atoms with E-state index >= 15 is 0 Å². The maximum absolute atomic E-state index is 11.3. The lowest BCUT2D eigenvalue weighted by Gasteiger charge is -2.16. The number of carbonyl (C=O) groups excluding carboxylic acids is 1. The summed E-state index contributed by atoms with van der Waals surface area (Å²) in [6.45, 7) is 5.88. The molecule has 0 fully saturated rings. The fraction of sp³-hybridized carbons (Fsp3) is 0.389. The minimum absolute atomic E-state index is 0.286. The quantitative estimate of drug-likeness (QED) is 0.813. The molecule has 0 heterocycles. The Kier molecular flexibility index (Phi) is 4.12. The first-order chi connectivity index (χ1) is 9.40. The fourth-order valence-electron chi connectivity index (χ4n) is 2.45. The molecule has 0 saturated heterocycles. The van der Waals surface area contributed by atoms with Crippen LogP contribution >= 0.6 is 0 Å². The first kappa shape index (κ1) is 14.6. The van der Waals surface area contributed by atoms with E-state index in [-0.39, 0.29) is 5.91 Å². The SMILES string of the molecule is CC(/C=C/C(C)(C)C(N)=O)CC1=CCc2ccccc21. The molecule has 1 aliphatic carbocycles. The highest BCUT2D eigenvalue weighted by atomic mass is 16.1. The Balaban J connectivity index is 2.02. The number of nitrogens with two attached hydrogens (primary N) is 1. The van der Waals surface area contributed by atoms with Gasteiger partial charge in [-0.2, -0.15) is 0 Å². The summed E-state index contributed by atoms with van der Waals surface area (Å²) in [6, 6.07) is 8.57. The predicted molar refractivity (Wildman–Crippen MR) is 84.0 cm³/mol. The van der Waals surface area contributed by atoms with Gasteiger partial charge < -0.3 is 5.73 Å². The van der Waals surface area contributed by atoms with Gasteiger partial charge in [0.1, 0.15) is 0 Å². The monoisotopic (exact) mass is 269 g/mol. The van der Waals surface area contributed by atoms with E-state index in [0.29, 0.717) is 5.92 Å². The molecule has 106 valence electrons. The molecule has 1 aromatic carbocycles. The van der Waals surface area contributed by atoms with E-state index < -0.39 is 5.41 Å². The molecular weight excluding hydrogens is 246 g/mol. The Bertz CT molecular complexity index is 567. The molecule has 1 unspecified atom stereocenters. The number of carbonyl (C=O) groups is 1. The van der Waals surface area contributed by atoms with Gasteiger partial charge in [-0.25, -0.2) is 0 Å². The Morgan fingerprint density at radius 1 is 1.40 bits per heavy atom. The predicted octanol–water partition coefficient (Wildman–Crippen LogP) is 3.72. The second-order valence-electron chi connectivity index (χ2n) is 6.22. The van der Waals surface area contributed by atoms with E-state index in [4.69, 9.17) is 5.73 Å². The van der Waals surface area contributed by atoms with Gasteiger partial charge in [-0.3, -0.25) is 4.79 Å². The third-order valence-electron chi connectivity index (χ3n) is 3.95. The minimum atomic E-state index is -0.573. The molecular formula is C18H23NO. The number of primary amides is 1. The van der Waals surface area contributed by atoms with Crippen molar-refractivity contribution >= 4 is 11.5 Å². The first-order valence-corrected chi connectivity index (χ1v) is 7.17. The van der Waals surface area contributed by atoms with Crippen LogP contribution < -0.4 is 5.73 Å². The molecule has 0 radical (unpaired) electrons. The zero-order valence-corrected chi connectivity index (χ0v) is 12.5. The van der Waals surface area contributed by atoms with Crippen molar-refractivity contribution in [1.82, 2.24) is 0 Å². The smallest absolute Gasteiger partial charge is 0.226 e. The standard InChI is InChI=1S/C18H23NO/c1-13(10-11-18(2,3)17(19)20)12-15-9-8-14-6-4-5-7-16(14)15/h4-7,9-11,13H,8,12H2,1-3H3,(H2,19,20)/b11-10+. The van der Waals surface area contributed by atoms with Crippen LogP contribution in [0.3, 0.4) is 0 Å². The van der Waals surface area contributed by atoms with Crippen molar-refractivity contribution in [1.29, 1.82) is 0 Å². The van der Waals surface area contributed by atoms with Crippen LogP contribution in [0.5, 0.6) is 0 Å². The average molecular weight is 269 g/mol. The Morgan fingerprint density at radius 2 is 2.10 bits per heavy atom. The summed E-state index contributed by atoms with van der Waals surface area (Å²) >= 11 is 0. The summed E-state index contributed by atoms with van der Waals surface area (Å²) in [7, 11) is 0. The number of fused-ring (bicyclic) bond motifs is 1. The third kappa shape index (κ3) is 3.19. The van der Waals surface area contributed by atoms with Gasteiger partial charge in [-0.05, 0) is 49.3 Å². The molecule has 2 rings (SSSR count). The lowest BCUT2D eigenvalue weighted by atomic mass is 9.89. The Morgan fingerprint density at radius 3 is 2.80 bits per heavy atom. The molecule has 1 atom stereocenters. The number of benzene rings is 1. The highest BCUT2D eigenvalue weighted by molar-refractivity contribution is 5.82. The Labute approximate surface area is 121 Å². The zero-order chi connectivity index (χ0) is 14.8. The first-order valence-electron chi connectivity index (χ1n) is 7.17. The van der Waals surface area contributed by atoms with Crippen LogP contribution in [0.2, 0.25) is 0 Å². The van der Waals surface area contributed by atoms with Gasteiger partial charge in [0.15, 0.2) is 0 Å². The van der Waals surface area contributed by atoms with Crippen molar-refractivity contribution in [3.05, 3.63) is 53.6 Å². The van der Waals surface area contributed by atoms with Crippen LogP contribution in [-0.4, -0.2) is 5.91 Å². The second kappa shape index (κ2) is 5.66. The molecule has 0 aliphatic heterocycles. The van der Waals surface area contributed by atoms with Crippen molar-refractivity contribution in [3.63, 3.8) is 0 Å². The van der Waals surface area contributed by atoms with Gasteiger partial charge in [-0.1, -0.05) is 49.4 Å². The van der Waals surface area contributed by atoms with Gasteiger partial charge in [0.2, 0.25) is 5.91 Å². The van der Waals surface area contributed by atoms with Gasteiger partial charge in [0, 0.05) is 0 Å². The maximum Gasteiger partial charge on any atom is 0.226 e. The molecule has 2 nitrogen and oxygen atoms in total. The number of hydrogen-bond acceptors (Lipinski definition) is 1. The summed E-state index contributed by atoms with van der Waals surface area (Å²) < 4.78 is 0. The minimum Gasteiger partial charge on any atom is -0.369 e. The molecule has 2 N–H and O–H groups in total. The van der Waals surface area contributed by atoms with Gasteiger partial charge in [0.25, 0.3) is 0 Å². The van der Waals surface area contributed by atoms with E-state index in [0.717, 1.165) is 12.8 Å². The molecule has 0 spiro atoms. The highest BCUT2D eigenvalue weighted by Gasteiger charge is 2.21. The van der Waals surface area contributed by atoms with E-state index in [1.807, 2.05) is 19.9 Å². The van der Waals surface area contributed by atoms with Crippen LogP contribution in [0, 0.1) is 11.3 Å². The van der Waals surface area contributed by atoms with Gasteiger partial charge in [0.05, 0.1) is 5.41 Å². The lowest BCUT2D eigenvalue weighted by molar-refractivity contribution is -0.123. The number of allylic oxidation sites excluding steroid dienone is 3. The number of hydrogen-bond donors (Lipinski definition) is 1. The average Bonchev–Trinajstić information content (AvgIpc) is 2.80. The van der Waals surface area contributed by atoms with Crippen molar-refractivity contribution < 1.29 is 4.79 Å². The molecule has 0 bridgehead atoms. The number of amides is 1. The molecule has 1 aromatic rings. The fourth-order valence-corrected chi connectivity index (χ4v) is 2.45. The normalized spacial score (nSPS) is 16.1. The van der Waals surface area contributed by atoms with Gasteiger partial charge in [-0.15, -0.1) is 0 Å². The summed E-state index contributed by atoms with van der Waals surface area (Å²) in [4.78, 5) is 11.3. The zero-order valence-electron chi connectivity index (χ0n) is 12.5. The summed E-state index contributed by atoms with van der Waals surface area (Å²) in [5.74, 6) is 0.109. The van der Waals surface area contributed by atoms with Crippen molar-refractivity contribution in [3.8, 4) is 0 Å². The van der Waals surface area contributed by atoms with Crippen molar-refractivity contribution in [2.24, 2.45) is 17.1 Å². The molecule has 2 heteroatoms. The van der Waals surface area contributed by atoms with E-state index in [1.54, 1.807) is 0 Å². The van der Waals surface area contributed by atoms with E-state index in [2.05, 4.69) is 43.3 Å². The molecule has 0 saturated carbocycles. The molecule has 20 heavy (non-hydrogen) atoms. The topological polar surface area (TPSA) is 43.1 Å². The van der Waals surface area contributed by atoms with Crippen LogP contribution in [0.25, 0.3) is 5.57 Å². The van der Waals surface area contributed by atoms with Crippen molar-refractivity contribution in [2.45, 2.75) is 33.6 Å². The van der Waals surface area contributed by atoms with Crippen LogP contribution in [-0.2, 0) is 11.2 Å². The molecule has 1 aliphatic rings. The molecule has 0 aromatic heterocycles. The second-order valence-corrected chi connectivity index (χ2v) is 6.22. The van der Waals surface area contributed by atoms with Crippen molar-refractivity contribution in [2.75, 3.05) is 0 Å². The lowest BCUT2D eigenvalue weighted by Crippen LogP contribution is -2.29. The number of rotatable bonds is 5. The molecule has 1 amide bonds. The van der Waals surface area contributed by atoms with Crippen LogP contribution in [0.1, 0.15) is 38.3 Å². The third-order valence-corrected chi connectivity index (χ3v) is 3.95. The Hall–Kier alpha value is -1.83.